The topological polar surface area (TPSA) is 57.6 Å². The highest BCUT2D eigenvalue weighted by Crippen LogP contribution is 2.18. The van der Waals surface area contributed by atoms with E-state index in [9.17, 15) is 9.59 Å². The summed E-state index contributed by atoms with van der Waals surface area (Å²) in [7, 11) is 0. The average molecular weight is 327 g/mol. The average Bonchev–Trinajstić information content (AvgIpc) is 2.12. The first-order chi connectivity index (χ1) is 6.91. The molecular formula is C10H18INO3. The van der Waals surface area contributed by atoms with Crippen LogP contribution in [0.2, 0.25) is 0 Å². The standard InChI is InChI=1S/C10H18INO3/c1-4-5-6-8(13)12(11)9(7(2)3)10(14)15/h7,9H,4-6H2,1-3H3,(H,14,15)/t9-/m0/s1. The first kappa shape index (κ1) is 14.7. The second-order valence-electron chi connectivity index (χ2n) is 3.84. The predicted molar refractivity (Wildman–Crippen MR) is 66.7 cm³/mol. The van der Waals surface area contributed by atoms with Crippen LogP contribution in [0.4, 0.5) is 0 Å². The lowest BCUT2D eigenvalue weighted by Crippen LogP contribution is -2.42. The monoisotopic (exact) mass is 327 g/mol. The highest BCUT2D eigenvalue weighted by molar-refractivity contribution is 14.1. The maximum absolute atomic E-state index is 11.6. The molecule has 0 bridgehead atoms. The van der Waals surface area contributed by atoms with Gasteiger partial charge >= 0.3 is 5.97 Å². The Morgan fingerprint density at radius 3 is 2.27 bits per heavy atom. The summed E-state index contributed by atoms with van der Waals surface area (Å²) in [4.78, 5) is 22.6. The Morgan fingerprint density at radius 1 is 1.40 bits per heavy atom. The number of unbranched alkanes of at least 4 members (excludes halogenated alkanes) is 1. The predicted octanol–water partition coefficient (Wildman–Crippen LogP) is 2.46. The summed E-state index contributed by atoms with van der Waals surface area (Å²) in [5.41, 5.74) is 0. The van der Waals surface area contributed by atoms with Crippen LogP contribution in [0.25, 0.3) is 0 Å². The molecule has 0 aromatic heterocycles. The van der Waals surface area contributed by atoms with Gasteiger partial charge in [-0.05, 0) is 12.3 Å². The second-order valence-corrected chi connectivity index (χ2v) is 4.88. The number of carboxylic acid groups (broad SMARTS) is 1. The van der Waals surface area contributed by atoms with Gasteiger partial charge in [0.2, 0.25) is 5.91 Å². The fourth-order valence-corrected chi connectivity index (χ4v) is 2.36. The van der Waals surface area contributed by atoms with Crippen molar-refractivity contribution in [3.8, 4) is 0 Å². The first-order valence-electron chi connectivity index (χ1n) is 5.12. The van der Waals surface area contributed by atoms with E-state index < -0.39 is 12.0 Å². The Labute approximate surface area is 105 Å². The molecule has 88 valence electrons. The van der Waals surface area contributed by atoms with E-state index in [0.29, 0.717) is 6.42 Å². The summed E-state index contributed by atoms with van der Waals surface area (Å²) in [6.45, 7) is 5.61. The maximum Gasteiger partial charge on any atom is 0.327 e. The third kappa shape index (κ3) is 4.81. The summed E-state index contributed by atoms with van der Waals surface area (Å²) in [5, 5.41) is 8.99. The molecule has 0 spiro atoms. The summed E-state index contributed by atoms with van der Waals surface area (Å²) >= 11 is 1.80. The van der Waals surface area contributed by atoms with Crippen LogP contribution in [0.15, 0.2) is 0 Å². The van der Waals surface area contributed by atoms with Crippen LogP contribution in [0.3, 0.4) is 0 Å². The maximum atomic E-state index is 11.6. The van der Waals surface area contributed by atoms with E-state index in [2.05, 4.69) is 0 Å². The minimum atomic E-state index is -0.941. The lowest BCUT2D eigenvalue weighted by atomic mass is 10.0. The number of hydrogen-bond donors (Lipinski definition) is 1. The Morgan fingerprint density at radius 2 is 1.93 bits per heavy atom. The van der Waals surface area contributed by atoms with E-state index in [-0.39, 0.29) is 11.8 Å². The number of carbonyl (C=O) groups is 2. The Hall–Kier alpha value is -0.330. The molecule has 5 heteroatoms. The van der Waals surface area contributed by atoms with Gasteiger partial charge in [-0.3, -0.25) is 7.91 Å². The summed E-state index contributed by atoms with van der Waals surface area (Å²) in [5.74, 6) is -1.12. The summed E-state index contributed by atoms with van der Waals surface area (Å²) in [6, 6.07) is -0.727. The molecule has 0 aliphatic heterocycles. The lowest BCUT2D eigenvalue weighted by Gasteiger charge is -2.25. The number of carbonyl (C=O) groups excluding carboxylic acids is 1. The van der Waals surface area contributed by atoms with Crippen molar-refractivity contribution in [2.24, 2.45) is 5.92 Å². The van der Waals surface area contributed by atoms with Gasteiger partial charge in [-0.25, -0.2) is 4.79 Å². The molecule has 0 aromatic carbocycles. The van der Waals surface area contributed by atoms with E-state index in [1.165, 1.54) is 3.11 Å². The lowest BCUT2D eigenvalue weighted by molar-refractivity contribution is -0.146. The van der Waals surface area contributed by atoms with Gasteiger partial charge in [0.05, 0.1) is 22.9 Å². The number of carboxylic acids is 1. The van der Waals surface area contributed by atoms with Crippen LogP contribution in [0.1, 0.15) is 40.0 Å². The molecule has 1 amide bonds. The van der Waals surface area contributed by atoms with Crippen molar-refractivity contribution in [3.63, 3.8) is 0 Å². The SMILES string of the molecule is CCCCC(=O)N(I)[C@H](C(=O)O)C(C)C. The minimum Gasteiger partial charge on any atom is -0.480 e. The molecule has 4 nitrogen and oxygen atoms in total. The van der Waals surface area contributed by atoms with Gasteiger partial charge in [0.15, 0.2) is 0 Å². The van der Waals surface area contributed by atoms with E-state index in [0.717, 1.165) is 12.8 Å². The molecule has 0 radical (unpaired) electrons. The number of halogens is 1. The Bertz CT molecular complexity index is 231. The smallest absolute Gasteiger partial charge is 0.327 e. The zero-order chi connectivity index (χ0) is 12.0. The van der Waals surface area contributed by atoms with Gasteiger partial charge in [-0.1, -0.05) is 27.2 Å². The van der Waals surface area contributed by atoms with E-state index in [4.69, 9.17) is 5.11 Å². The molecule has 0 aromatic rings. The van der Waals surface area contributed by atoms with Crippen molar-refractivity contribution >= 4 is 34.7 Å². The third-order valence-electron chi connectivity index (χ3n) is 2.11. The fourth-order valence-electron chi connectivity index (χ4n) is 1.23. The van der Waals surface area contributed by atoms with Gasteiger partial charge < -0.3 is 5.11 Å². The molecule has 0 fully saturated rings. The number of amides is 1. The third-order valence-corrected chi connectivity index (χ3v) is 3.25. The minimum absolute atomic E-state index is 0.0787. The molecule has 0 aliphatic rings. The molecule has 0 rings (SSSR count). The van der Waals surface area contributed by atoms with Crippen LogP contribution in [0, 0.1) is 5.92 Å². The van der Waals surface area contributed by atoms with Crippen LogP contribution >= 0.6 is 22.9 Å². The Balaban J connectivity index is 4.43. The van der Waals surface area contributed by atoms with Crippen molar-refractivity contribution in [1.82, 2.24) is 3.11 Å². The molecule has 0 saturated heterocycles. The molecule has 15 heavy (non-hydrogen) atoms. The number of aliphatic carboxylic acids is 1. The van der Waals surface area contributed by atoms with Crippen molar-refractivity contribution < 1.29 is 14.7 Å². The summed E-state index contributed by atoms with van der Waals surface area (Å²) in [6.07, 6.45) is 2.17. The molecule has 0 aliphatic carbocycles. The van der Waals surface area contributed by atoms with Crippen LogP contribution in [-0.2, 0) is 9.59 Å². The number of rotatable bonds is 6. The van der Waals surface area contributed by atoms with E-state index >= 15 is 0 Å². The fraction of sp³-hybridized carbons (Fsp3) is 0.800. The highest BCUT2D eigenvalue weighted by Gasteiger charge is 2.30. The van der Waals surface area contributed by atoms with Gasteiger partial charge in [-0.15, -0.1) is 0 Å². The Kier molecular flexibility index (Phi) is 6.87. The van der Waals surface area contributed by atoms with E-state index in [1.54, 1.807) is 36.7 Å². The molecule has 0 saturated carbocycles. The zero-order valence-electron chi connectivity index (χ0n) is 9.36. The molecule has 0 unspecified atom stereocenters. The van der Waals surface area contributed by atoms with Gasteiger partial charge in [0, 0.05) is 6.42 Å². The van der Waals surface area contributed by atoms with Crippen molar-refractivity contribution in [2.75, 3.05) is 0 Å². The second kappa shape index (κ2) is 7.03. The first-order valence-corrected chi connectivity index (χ1v) is 6.08. The van der Waals surface area contributed by atoms with Crippen molar-refractivity contribution in [2.45, 2.75) is 46.1 Å². The zero-order valence-corrected chi connectivity index (χ0v) is 11.5. The van der Waals surface area contributed by atoms with Gasteiger partial charge in [0.1, 0.15) is 6.04 Å². The molecule has 1 N–H and O–H groups in total. The van der Waals surface area contributed by atoms with Crippen molar-refractivity contribution in [3.05, 3.63) is 0 Å². The molecule has 1 atom stereocenters. The molecule has 0 heterocycles. The van der Waals surface area contributed by atoms with Crippen LogP contribution in [0.5, 0.6) is 0 Å². The normalized spacial score (nSPS) is 12.6. The summed E-state index contributed by atoms with van der Waals surface area (Å²) < 4.78 is 1.32. The van der Waals surface area contributed by atoms with Crippen molar-refractivity contribution in [1.29, 1.82) is 0 Å². The van der Waals surface area contributed by atoms with Crippen LogP contribution < -0.4 is 0 Å². The quantitative estimate of drug-likeness (QED) is 0.602. The van der Waals surface area contributed by atoms with E-state index in [1.807, 2.05) is 6.92 Å². The largest absolute Gasteiger partial charge is 0.480 e. The highest BCUT2D eigenvalue weighted by atomic mass is 127. The number of nitrogens with zero attached hydrogens (tertiary/aromatic N) is 1. The van der Waals surface area contributed by atoms with Crippen LogP contribution in [-0.4, -0.2) is 26.1 Å². The molecular weight excluding hydrogens is 309 g/mol. The number of hydrogen-bond acceptors (Lipinski definition) is 2. The van der Waals surface area contributed by atoms with Gasteiger partial charge in [0.25, 0.3) is 0 Å². The van der Waals surface area contributed by atoms with Gasteiger partial charge in [-0.2, -0.15) is 0 Å².